The van der Waals surface area contributed by atoms with Crippen molar-refractivity contribution in [2.75, 3.05) is 46.3 Å². The Hall–Kier alpha value is -1.18. The van der Waals surface area contributed by atoms with Gasteiger partial charge in [0.15, 0.2) is 0 Å². The first-order valence-corrected chi connectivity index (χ1v) is 16.6. The molecule has 0 amide bonds. The van der Waals surface area contributed by atoms with Crippen LogP contribution in [0, 0.1) is 34.5 Å². The van der Waals surface area contributed by atoms with Gasteiger partial charge in [-0.2, -0.15) is 0 Å². The summed E-state index contributed by atoms with van der Waals surface area (Å²) >= 11 is 0. The molecule has 7 nitrogen and oxygen atoms in total. The van der Waals surface area contributed by atoms with Crippen LogP contribution >= 0.6 is 0 Å². The summed E-state index contributed by atoms with van der Waals surface area (Å²) in [6.45, 7) is 14.9. The second-order valence-electron chi connectivity index (χ2n) is 15.1. The molecule has 2 heterocycles. The molecule has 0 radical (unpaired) electrons. The van der Waals surface area contributed by atoms with Gasteiger partial charge >= 0.3 is 11.9 Å². The molecule has 4 saturated carbocycles. The highest BCUT2D eigenvalue weighted by molar-refractivity contribution is 5.66. The number of fused-ring (bicyclic) bond motifs is 5. The molecule has 0 bridgehead atoms. The molecule has 0 spiro atoms. The highest BCUT2D eigenvalue weighted by atomic mass is 16.5. The molecule has 6 rings (SSSR count). The van der Waals surface area contributed by atoms with E-state index in [1.54, 1.807) is 13.8 Å². The average Bonchev–Trinajstić information content (AvgIpc) is 3.21. The minimum absolute atomic E-state index is 0.00527. The standard InChI is InChI=1S/C33H55N3O4/c1-22(37)39-30-19-24-9-10-25-26(33(24,4)21-29(30)35-13-7-6-8-14-35)11-12-32(3)27(25)20-28(31(32)40-23(2)38)36-17-15-34(5)16-18-36/h24-31H,6-21H2,1-5H3/t24-,25+,26-,27-,28-,29-,30-,31-,32-,33-/m0/s1. The molecule has 2 aliphatic heterocycles. The van der Waals surface area contributed by atoms with Crippen molar-refractivity contribution >= 4 is 11.9 Å². The van der Waals surface area contributed by atoms with E-state index < -0.39 is 0 Å². The van der Waals surface area contributed by atoms with Gasteiger partial charge in [0, 0.05) is 57.5 Å². The molecule has 0 unspecified atom stereocenters. The van der Waals surface area contributed by atoms with Crippen molar-refractivity contribution < 1.29 is 19.1 Å². The van der Waals surface area contributed by atoms with Crippen LogP contribution < -0.4 is 0 Å². The monoisotopic (exact) mass is 557 g/mol. The first kappa shape index (κ1) is 28.9. The normalized spacial score (nSPS) is 46.6. The third kappa shape index (κ3) is 5.04. The van der Waals surface area contributed by atoms with Gasteiger partial charge in [0.1, 0.15) is 12.2 Å². The minimum atomic E-state index is -0.116. The number of likely N-dealkylation sites (tertiary alicyclic amines) is 1. The molecule has 40 heavy (non-hydrogen) atoms. The van der Waals surface area contributed by atoms with Crippen molar-refractivity contribution in [3.8, 4) is 0 Å². The van der Waals surface area contributed by atoms with Crippen LogP contribution in [0.2, 0.25) is 0 Å². The lowest BCUT2D eigenvalue weighted by atomic mass is 9.44. The Morgan fingerprint density at radius 1 is 0.725 bits per heavy atom. The lowest BCUT2D eigenvalue weighted by Gasteiger charge is -2.62. The molecule has 0 aromatic rings. The molecule has 7 heteroatoms. The Morgan fingerprint density at radius 3 is 2.08 bits per heavy atom. The number of carbonyl (C=O) groups excluding carboxylic acids is 2. The number of esters is 2. The number of hydrogen-bond acceptors (Lipinski definition) is 7. The molecule has 4 aliphatic carbocycles. The van der Waals surface area contributed by atoms with Gasteiger partial charge in [0.2, 0.25) is 0 Å². The van der Waals surface area contributed by atoms with Crippen LogP contribution in [0.4, 0.5) is 0 Å². The molecule has 0 N–H and O–H groups in total. The van der Waals surface area contributed by atoms with E-state index >= 15 is 0 Å². The second kappa shape index (κ2) is 11.1. The van der Waals surface area contributed by atoms with Crippen LogP contribution in [0.3, 0.4) is 0 Å². The van der Waals surface area contributed by atoms with Crippen molar-refractivity contribution in [3.05, 3.63) is 0 Å². The molecule has 2 saturated heterocycles. The van der Waals surface area contributed by atoms with Gasteiger partial charge in [-0.25, -0.2) is 0 Å². The smallest absolute Gasteiger partial charge is 0.302 e. The van der Waals surface area contributed by atoms with E-state index in [9.17, 15) is 9.59 Å². The van der Waals surface area contributed by atoms with Crippen molar-refractivity contribution in [2.24, 2.45) is 34.5 Å². The number of hydrogen-bond donors (Lipinski definition) is 0. The van der Waals surface area contributed by atoms with E-state index in [-0.39, 0.29) is 35.0 Å². The Kier molecular flexibility index (Phi) is 8.06. The summed E-state index contributed by atoms with van der Waals surface area (Å²) < 4.78 is 12.4. The van der Waals surface area contributed by atoms with Crippen LogP contribution in [0.1, 0.15) is 91.9 Å². The molecule has 6 aliphatic rings. The Labute approximate surface area is 242 Å². The Morgan fingerprint density at radius 2 is 1.40 bits per heavy atom. The Balaban J connectivity index is 1.27. The van der Waals surface area contributed by atoms with Crippen LogP contribution in [0.5, 0.6) is 0 Å². The number of piperazine rings is 1. The fourth-order valence-electron chi connectivity index (χ4n) is 11.1. The lowest BCUT2D eigenvalue weighted by molar-refractivity contribution is -0.180. The average molecular weight is 558 g/mol. The van der Waals surface area contributed by atoms with Gasteiger partial charge in [0.25, 0.3) is 0 Å². The van der Waals surface area contributed by atoms with Crippen LogP contribution in [-0.2, 0) is 19.1 Å². The SMILES string of the molecule is CC(=O)O[C@H]1C[C@@H]2CC[C@@H]3[C@H](CC[C@@]4(C)[C@H]3C[C@H](N3CCN(C)CC3)[C@@H]4OC(C)=O)[C@@]2(C)C[C@@H]1N1CCCCC1. The Bertz CT molecular complexity index is 946. The molecular weight excluding hydrogens is 502 g/mol. The molecule has 0 aromatic carbocycles. The number of nitrogens with zero attached hydrogens (tertiary/aromatic N) is 3. The summed E-state index contributed by atoms with van der Waals surface area (Å²) in [7, 11) is 2.22. The number of carbonyl (C=O) groups is 2. The summed E-state index contributed by atoms with van der Waals surface area (Å²) in [5.41, 5.74) is 0.344. The third-order valence-corrected chi connectivity index (χ3v) is 13.1. The first-order chi connectivity index (χ1) is 19.1. The summed E-state index contributed by atoms with van der Waals surface area (Å²) in [4.78, 5) is 32.4. The molecule has 226 valence electrons. The van der Waals surface area contributed by atoms with Crippen LogP contribution in [0.15, 0.2) is 0 Å². The van der Waals surface area contributed by atoms with Gasteiger partial charge in [-0.1, -0.05) is 20.3 Å². The van der Waals surface area contributed by atoms with E-state index in [0.717, 1.165) is 58.5 Å². The predicted octanol–water partition coefficient (Wildman–Crippen LogP) is 4.58. The zero-order valence-electron chi connectivity index (χ0n) is 25.9. The van der Waals surface area contributed by atoms with Gasteiger partial charge in [-0.05, 0) is 107 Å². The first-order valence-electron chi connectivity index (χ1n) is 16.6. The maximum absolute atomic E-state index is 12.4. The van der Waals surface area contributed by atoms with E-state index in [2.05, 4.69) is 35.6 Å². The highest BCUT2D eigenvalue weighted by Gasteiger charge is 2.65. The minimum Gasteiger partial charge on any atom is -0.461 e. The van der Waals surface area contributed by atoms with E-state index in [1.807, 2.05) is 0 Å². The number of rotatable bonds is 4. The lowest BCUT2D eigenvalue weighted by Crippen LogP contribution is -2.61. The van der Waals surface area contributed by atoms with Gasteiger partial charge in [0.05, 0.1) is 0 Å². The van der Waals surface area contributed by atoms with Crippen molar-refractivity contribution in [3.63, 3.8) is 0 Å². The zero-order valence-corrected chi connectivity index (χ0v) is 25.9. The molecular formula is C33H55N3O4. The number of piperidine rings is 1. The summed E-state index contributed by atoms with van der Waals surface area (Å²) in [5.74, 6) is 2.41. The fraction of sp³-hybridized carbons (Fsp3) is 0.939. The van der Waals surface area contributed by atoms with Crippen molar-refractivity contribution in [2.45, 2.75) is 116 Å². The van der Waals surface area contributed by atoms with Gasteiger partial charge < -0.3 is 14.4 Å². The molecule has 6 fully saturated rings. The van der Waals surface area contributed by atoms with E-state index in [0.29, 0.717) is 35.8 Å². The zero-order chi connectivity index (χ0) is 28.2. The highest BCUT2D eigenvalue weighted by Crippen LogP contribution is 2.67. The van der Waals surface area contributed by atoms with Crippen LogP contribution in [0.25, 0.3) is 0 Å². The number of ether oxygens (including phenoxy) is 2. The largest absolute Gasteiger partial charge is 0.461 e. The maximum Gasteiger partial charge on any atom is 0.302 e. The quantitative estimate of drug-likeness (QED) is 0.469. The predicted molar refractivity (Wildman–Crippen MR) is 156 cm³/mol. The molecule has 10 atom stereocenters. The molecule has 0 aromatic heterocycles. The van der Waals surface area contributed by atoms with E-state index in [1.165, 1.54) is 44.9 Å². The fourth-order valence-corrected chi connectivity index (χ4v) is 11.1. The van der Waals surface area contributed by atoms with E-state index in [4.69, 9.17) is 9.47 Å². The topological polar surface area (TPSA) is 62.3 Å². The van der Waals surface area contributed by atoms with Gasteiger partial charge in [-0.15, -0.1) is 0 Å². The summed E-state index contributed by atoms with van der Waals surface area (Å²) in [5, 5.41) is 0. The number of likely N-dealkylation sites (N-methyl/N-ethyl adjacent to an activating group) is 1. The maximum atomic E-state index is 12.4. The second-order valence-corrected chi connectivity index (χ2v) is 15.1. The van der Waals surface area contributed by atoms with Gasteiger partial charge in [-0.3, -0.25) is 19.4 Å². The van der Waals surface area contributed by atoms with Crippen molar-refractivity contribution in [1.82, 2.24) is 14.7 Å². The summed E-state index contributed by atoms with van der Waals surface area (Å²) in [6, 6.07) is 0.700. The summed E-state index contributed by atoms with van der Waals surface area (Å²) in [6.07, 6.45) is 12.2. The third-order valence-electron chi connectivity index (χ3n) is 13.1. The van der Waals surface area contributed by atoms with Crippen LogP contribution in [-0.4, -0.2) is 97.2 Å². The van der Waals surface area contributed by atoms with Crippen molar-refractivity contribution in [1.29, 1.82) is 0 Å².